The number of rotatable bonds is 1. The molecule has 0 saturated heterocycles. The molecule has 0 N–H and O–H groups in total. The average Bonchev–Trinajstić information content (AvgIpc) is 2.31. The lowest BCUT2D eigenvalue weighted by Gasteiger charge is -2.15. The van der Waals surface area contributed by atoms with Gasteiger partial charge in [-0.05, 0) is 13.8 Å². The number of thioether (sulfide) groups is 1. The van der Waals surface area contributed by atoms with Gasteiger partial charge in [0.1, 0.15) is 0 Å². The first-order valence-electron chi connectivity index (χ1n) is 3.36. The molecule has 1 aliphatic rings. The Morgan fingerprint density at radius 2 is 2.45 bits per heavy atom. The molecule has 0 saturated carbocycles. The van der Waals surface area contributed by atoms with Crippen LogP contribution in [-0.2, 0) is 9.53 Å². The highest BCUT2D eigenvalue weighted by Crippen LogP contribution is 2.28. The summed E-state index contributed by atoms with van der Waals surface area (Å²) in [6.07, 6.45) is 0. The minimum absolute atomic E-state index is 0.248. The van der Waals surface area contributed by atoms with E-state index in [1.165, 1.54) is 7.11 Å². The van der Waals surface area contributed by atoms with Crippen LogP contribution in [0.4, 0.5) is 0 Å². The molecule has 0 amide bonds. The smallest absolute Gasteiger partial charge is 0.334 e. The molecule has 0 aromatic carbocycles. The highest BCUT2D eigenvalue weighted by molar-refractivity contribution is 8.14. The Labute approximate surface area is 70.2 Å². The molecular formula is C7H11NO2S. The minimum Gasteiger partial charge on any atom is -0.467 e. The summed E-state index contributed by atoms with van der Waals surface area (Å²) in [5.41, 5.74) is -0.635. The Morgan fingerprint density at radius 1 is 1.82 bits per heavy atom. The van der Waals surface area contributed by atoms with Crippen LogP contribution in [0.5, 0.6) is 0 Å². The molecule has 1 aliphatic heterocycles. The van der Waals surface area contributed by atoms with Crippen molar-refractivity contribution >= 4 is 22.8 Å². The maximum atomic E-state index is 11.1. The number of carbonyl (C=O) groups is 1. The van der Waals surface area contributed by atoms with E-state index in [1.54, 1.807) is 18.7 Å². The third-order valence-corrected chi connectivity index (χ3v) is 2.81. The topological polar surface area (TPSA) is 38.7 Å². The molecule has 0 aromatic rings. The van der Waals surface area contributed by atoms with E-state index in [1.807, 2.05) is 6.92 Å². The van der Waals surface area contributed by atoms with Crippen LogP contribution in [-0.4, -0.2) is 29.4 Å². The van der Waals surface area contributed by atoms with Crippen LogP contribution in [0.15, 0.2) is 4.99 Å². The van der Waals surface area contributed by atoms with Crippen molar-refractivity contribution in [1.29, 1.82) is 0 Å². The number of methoxy groups -OCH3 is 1. The van der Waals surface area contributed by atoms with Crippen molar-refractivity contribution in [2.45, 2.75) is 19.4 Å². The number of esters is 1. The molecule has 0 radical (unpaired) electrons. The highest BCUT2D eigenvalue weighted by Gasteiger charge is 2.37. The van der Waals surface area contributed by atoms with Crippen LogP contribution in [0.2, 0.25) is 0 Å². The van der Waals surface area contributed by atoms with Crippen LogP contribution < -0.4 is 0 Å². The van der Waals surface area contributed by atoms with Gasteiger partial charge in [-0.2, -0.15) is 0 Å². The molecule has 1 heterocycles. The molecule has 0 aromatic heterocycles. The van der Waals surface area contributed by atoms with Crippen molar-refractivity contribution < 1.29 is 9.53 Å². The van der Waals surface area contributed by atoms with Crippen LogP contribution >= 0.6 is 11.8 Å². The summed E-state index contributed by atoms with van der Waals surface area (Å²) < 4.78 is 4.63. The number of hydrogen-bond acceptors (Lipinski definition) is 4. The lowest BCUT2D eigenvalue weighted by Crippen LogP contribution is -2.34. The normalized spacial score (nSPS) is 29.9. The van der Waals surface area contributed by atoms with Crippen LogP contribution in [0, 0.1) is 0 Å². The molecule has 0 unspecified atom stereocenters. The fourth-order valence-corrected chi connectivity index (χ4v) is 1.92. The summed E-state index contributed by atoms with van der Waals surface area (Å²) >= 11 is 1.60. The Balaban J connectivity index is 2.77. The van der Waals surface area contributed by atoms with Crippen molar-refractivity contribution in [1.82, 2.24) is 0 Å². The zero-order chi connectivity index (χ0) is 8.48. The summed E-state index contributed by atoms with van der Waals surface area (Å²) in [7, 11) is 1.39. The lowest BCUT2D eigenvalue weighted by atomic mass is 10.1. The van der Waals surface area contributed by atoms with Gasteiger partial charge in [0.25, 0.3) is 0 Å². The SMILES string of the molecule is COC(=O)[C@]1(C)CSC(C)=N1. The number of carbonyl (C=O) groups excluding carboxylic acids is 1. The number of hydrogen-bond donors (Lipinski definition) is 0. The molecule has 1 rings (SSSR count). The van der Waals surface area contributed by atoms with Gasteiger partial charge in [-0.1, -0.05) is 0 Å². The Morgan fingerprint density at radius 3 is 2.82 bits per heavy atom. The molecule has 0 fully saturated rings. The molecule has 1 atom stereocenters. The zero-order valence-electron chi connectivity index (χ0n) is 6.88. The van der Waals surface area contributed by atoms with E-state index < -0.39 is 5.54 Å². The van der Waals surface area contributed by atoms with Crippen molar-refractivity contribution in [2.24, 2.45) is 4.99 Å². The van der Waals surface area contributed by atoms with Crippen molar-refractivity contribution in [2.75, 3.05) is 12.9 Å². The van der Waals surface area contributed by atoms with E-state index in [2.05, 4.69) is 9.73 Å². The molecule has 3 nitrogen and oxygen atoms in total. The number of aliphatic imine (C=N–C) groups is 1. The van der Waals surface area contributed by atoms with Crippen molar-refractivity contribution in [3.05, 3.63) is 0 Å². The van der Waals surface area contributed by atoms with E-state index in [9.17, 15) is 4.79 Å². The average molecular weight is 173 g/mol. The predicted octanol–water partition coefficient (Wildman–Crippen LogP) is 1.08. The van der Waals surface area contributed by atoms with Crippen LogP contribution in [0.25, 0.3) is 0 Å². The summed E-state index contributed by atoms with van der Waals surface area (Å²) in [4.78, 5) is 15.3. The zero-order valence-corrected chi connectivity index (χ0v) is 7.70. The van der Waals surface area contributed by atoms with Gasteiger partial charge in [0.2, 0.25) is 0 Å². The Bertz CT molecular complexity index is 214. The molecule has 4 heteroatoms. The van der Waals surface area contributed by atoms with Gasteiger partial charge in [-0.25, -0.2) is 4.79 Å². The number of ether oxygens (including phenoxy) is 1. The molecule has 0 spiro atoms. The maximum absolute atomic E-state index is 11.1. The first-order chi connectivity index (χ1) is 5.08. The first-order valence-corrected chi connectivity index (χ1v) is 4.35. The predicted molar refractivity (Wildman–Crippen MR) is 46.0 cm³/mol. The van der Waals surface area contributed by atoms with Gasteiger partial charge in [0, 0.05) is 5.75 Å². The summed E-state index contributed by atoms with van der Waals surface area (Å²) in [5.74, 6) is 0.452. The molecule has 11 heavy (non-hydrogen) atoms. The van der Waals surface area contributed by atoms with E-state index in [0.717, 1.165) is 5.04 Å². The molecule has 62 valence electrons. The van der Waals surface area contributed by atoms with E-state index in [0.29, 0.717) is 5.75 Å². The van der Waals surface area contributed by atoms with Gasteiger partial charge in [-0.3, -0.25) is 4.99 Å². The Kier molecular flexibility index (Phi) is 2.23. The fraction of sp³-hybridized carbons (Fsp3) is 0.714. The van der Waals surface area contributed by atoms with E-state index in [4.69, 9.17) is 0 Å². The first kappa shape index (κ1) is 8.59. The third kappa shape index (κ3) is 1.56. The Hall–Kier alpha value is -0.510. The summed E-state index contributed by atoms with van der Waals surface area (Å²) in [6.45, 7) is 3.70. The second kappa shape index (κ2) is 2.85. The third-order valence-electron chi connectivity index (χ3n) is 1.59. The summed E-state index contributed by atoms with van der Waals surface area (Å²) in [5, 5.41) is 0.956. The second-order valence-electron chi connectivity index (χ2n) is 2.68. The lowest BCUT2D eigenvalue weighted by molar-refractivity contribution is -0.145. The fourth-order valence-electron chi connectivity index (χ4n) is 0.981. The van der Waals surface area contributed by atoms with E-state index >= 15 is 0 Å². The van der Waals surface area contributed by atoms with Crippen LogP contribution in [0.1, 0.15) is 13.8 Å². The van der Waals surface area contributed by atoms with Gasteiger partial charge >= 0.3 is 5.97 Å². The van der Waals surface area contributed by atoms with Crippen molar-refractivity contribution in [3.63, 3.8) is 0 Å². The van der Waals surface area contributed by atoms with E-state index in [-0.39, 0.29) is 5.97 Å². The quantitative estimate of drug-likeness (QED) is 0.557. The van der Waals surface area contributed by atoms with Crippen LogP contribution in [0.3, 0.4) is 0 Å². The molecule has 0 bridgehead atoms. The number of nitrogens with zero attached hydrogens (tertiary/aromatic N) is 1. The highest BCUT2D eigenvalue weighted by atomic mass is 32.2. The van der Waals surface area contributed by atoms with Gasteiger partial charge in [0.15, 0.2) is 5.54 Å². The largest absolute Gasteiger partial charge is 0.467 e. The molecule has 0 aliphatic carbocycles. The molecular weight excluding hydrogens is 162 g/mol. The van der Waals surface area contributed by atoms with Gasteiger partial charge in [0.05, 0.1) is 12.2 Å². The monoisotopic (exact) mass is 173 g/mol. The second-order valence-corrected chi connectivity index (χ2v) is 3.85. The summed E-state index contributed by atoms with van der Waals surface area (Å²) in [6, 6.07) is 0. The standard InChI is InChI=1S/C7H11NO2S/c1-5-8-7(2,4-11-5)6(9)10-3/h4H2,1-3H3/t7-/m0/s1. The maximum Gasteiger partial charge on any atom is 0.334 e. The minimum atomic E-state index is -0.635. The van der Waals surface area contributed by atoms with Gasteiger partial charge in [-0.15, -0.1) is 11.8 Å². The van der Waals surface area contributed by atoms with Gasteiger partial charge < -0.3 is 4.74 Å². The van der Waals surface area contributed by atoms with Crippen molar-refractivity contribution in [3.8, 4) is 0 Å².